The monoisotopic (exact) mass is 278 g/mol. The molecule has 3 heteroatoms. The number of nitrogens with zero attached hydrogens (tertiary/aromatic N) is 1. The van der Waals surface area contributed by atoms with Crippen molar-refractivity contribution in [2.45, 2.75) is 53.1 Å². The molecule has 2 atom stereocenters. The molecule has 1 saturated heterocycles. The van der Waals surface area contributed by atoms with Crippen LogP contribution in [0.1, 0.15) is 40.2 Å². The van der Waals surface area contributed by atoms with Crippen LogP contribution < -0.4 is 10.2 Å². The van der Waals surface area contributed by atoms with Gasteiger partial charge in [0, 0.05) is 25.2 Å². The van der Waals surface area contributed by atoms with Crippen molar-refractivity contribution in [3.63, 3.8) is 0 Å². The summed E-state index contributed by atoms with van der Waals surface area (Å²) in [7, 11) is 0. The Kier molecular flexibility index (Phi) is 4.38. The third-order valence-electron chi connectivity index (χ3n) is 3.64. The van der Waals surface area contributed by atoms with Gasteiger partial charge >= 0.3 is 0 Å². The summed E-state index contributed by atoms with van der Waals surface area (Å²) in [6.07, 6.45) is 0.901. The first kappa shape index (κ1) is 15.3. The molecular weight excluding hydrogens is 251 g/mol. The smallest absolute Gasteiger partial charge is 0.146 e. The van der Waals surface area contributed by atoms with Crippen LogP contribution in [0.5, 0.6) is 0 Å². The summed E-state index contributed by atoms with van der Waals surface area (Å²) in [4.78, 5) is 2.15. The highest BCUT2D eigenvalue weighted by molar-refractivity contribution is 5.50. The molecule has 0 radical (unpaired) electrons. The summed E-state index contributed by atoms with van der Waals surface area (Å²) in [6, 6.07) is 6.51. The molecule has 1 aliphatic rings. The van der Waals surface area contributed by atoms with Crippen molar-refractivity contribution in [3.05, 3.63) is 29.6 Å². The Morgan fingerprint density at radius 3 is 2.30 bits per heavy atom. The Morgan fingerprint density at radius 1 is 1.20 bits per heavy atom. The maximum Gasteiger partial charge on any atom is 0.146 e. The van der Waals surface area contributed by atoms with Crippen molar-refractivity contribution in [1.82, 2.24) is 5.32 Å². The van der Waals surface area contributed by atoms with Crippen molar-refractivity contribution in [3.8, 4) is 0 Å². The van der Waals surface area contributed by atoms with Gasteiger partial charge in [0.15, 0.2) is 0 Å². The van der Waals surface area contributed by atoms with Crippen LogP contribution in [0.3, 0.4) is 0 Å². The molecule has 0 aromatic heterocycles. The van der Waals surface area contributed by atoms with E-state index in [0.717, 1.165) is 30.8 Å². The largest absolute Gasteiger partial charge is 0.366 e. The maximum absolute atomic E-state index is 14.4. The van der Waals surface area contributed by atoms with E-state index in [2.05, 4.69) is 50.9 Å². The van der Waals surface area contributed by atoms with Gasteiger partial charge in [-0.3, -0.25) is 0 Å². The average molecular weight is 278 g/mol. The lowest BCUT2D eigenvalue weighted by Crippen LogP contribution is -2.54. The number of hydrogen-bond donors (Lipinski definition) is 1. The summed E-state index contributed by atoms with van der Waals surface area (Å²) in [5.74, 6) is -0.0898. The second kappa shape index (κ2) is 5.72. The molecular formula is C17H27FN2. The highest BCUT2D eigenvalue weighted by Crippen LogP contribution is 2.26. The number of anilines is 1. The third-order valence-corrected chi connectivity index (χ3v) is 3.64. The fraction of sp³-hybridized carbons (Fsp3) is 0.647. The van der Waals surface area contributed by atoms with E-state index in [1.165, 1.54) is 0 Å². The number of rotatable bonds is 2. The lowest BCUT2D eigenvalue weighted by atomic mass is 9.88. The van der Waals surface area contributed by atoms with E-state index in [9.17, 15) is 4.39 Å². The SMILES string of the molecule is C[C@@H]1CN(c2ccc(CC(C)(C)C)cc2F)C[C@H](C)N1. The standard InChI is InChI=1S/C17H27FN2/c1-12-10-20(11-13(2)19-12)16-7-6-14(8-15(16)18)9-17(3,4)5/h6-8,12-13,19H,9-11H2,1-5H3/t12-,13+. The van der Waals surface area contributed by atoms with Gasteiger partial charge < -0.3 is 10.2 Å². The molecule has 112 valence electrons. The van der Waals surface area contributed by atoms with Gasteiger partial charge in [-0.25, -0.2) is 4.39 Å². The maximum atomic E-state index is 14.4. The second-order valence-corrected chi connectivity index (χ2v) is 7.40. The van der Waals surface area contributed by atoms with E-state index in [0.29, 0.717) is 12.1 Å². The number of nitrogens with one attached hydrogen (secondary N) is 1. The van der Waals surface area contributed by atoms with E-state index < -0.39 is 0 Å². The van der Waals surface area contributed by atoms with Crippen molar-refractivity contribution in [1.29, 1.82) is 0 Å². The minimum absolute atomic E-state index is 0.0898. The van der Waals surface area contributed by atoms with Crippen LogP contribution in [0.2, 0.25) is 0 Å². The number of halogens is 1. The molecule has 1 aromatic rings. The van der Waals surface area contributed by atoms with Gasteiger partial charge in [-0.1, -0.05) is 26.8 Å². The van der Waals surface area contributed by atoms with Crippen LogP contribution in [-0.4, -0.2) is 25.2 Å². The van der Waals surface area contributed by atoms with Crippen LogP contribution in [-0.2, 0) is 6.42 Å². The molecule has 0 unspecified atom stereocenters. The summed E-state index contributed by atoms with van der Waals surface area (Å²) >= 11 is 0. The van der Waals surface area contributed by atoms with E-state index in [-0.39, 0.29) is 11.2 Å². The normalized spacial score (nSPS) is 24.0. The van der Waals surface area contributed by atoms with E-state index >= 15 is 0 Å². The first-order valence-electron chi connectivity index (χ1n) is 7.54. The van der Waals surface area contributed by atoms with Crippen LogP contribution in [0, 0.1) is 11.2 Å². The zero-order valence-electron chi connectivity index (χ0n) is 13.3. The quantitative estimate of drug-likeness (QED) is 0.889. The van der Waals surface area contributed by atoms with Crippen LogP contribution in [0.15, 0.2) is 18.2 Å². The molecule has 2 rings (SSSR count). The second-order valence-electron chi connectivity index (χ2n) is 7.40. The van der Waals surface area contributed by atoms with Gasteiger partial charge in [0.05, 0.1) is 5.69 Å². The average Bonchev–Trinajstić information content (AvgIpc) is 2.25. The zero-order valence-corrected chi connectivity index (χ0v) is 13.3. The van der Waals surface area contributed by atoms with Crippen LogP contribution in [0.4, 0.5) is 10.1 Å². The predicted octanol–water partition coefficient (Wildman–Crippen LogP) is 3.60. The fourth-order valence-corrected chi connectivity index (χ4v) is 3.05. The number of hydrogen-bond acceptors (Lipinski definition) is 2. The molecule has 0 amide bonds. The third kappa shape index (κ3) is 3.95. The lowest BCUT2D eigenvalue weighted by Gasteiger charge is -2.37. The fourth-order valence-electron chi connectivity index (χ4n) is 3.05. The van der Waals surface area contributed by atoms with Gasteiger partial charge in [-0.2, -0.15) is 0 Å². The summed E-state index contributed by atoms with van der Waals surface area (Å²) in [5, 5.41) is 3.48. The van der Waals surface area contributed by atoms with Gasteiger partial charge in [-0.05, 0) is 43.4 Å². The molecule has 0 bridgehead atoms. The molecule has 0 spiro atoms. The molecule has 20 heavy (non-hydrogen) atoms. The van der Waals surface area contributed by atoms with Gasteiger partial charge in [0.2, 0.25) is 0 Å². The molecule has 1 aromatic carbocycles. The van der Waals surface area contributed by atoms with E-state index in [1.54, 1.807) is 6.07 Å². The Hall–Kier alpha value is -1.09. The van der Waals surface area contributed by atoms with Crippen molar-refractivity contribution < 1.29 is 4.39 Å². The van der Waals surface area contributed by atoms with Crippen molar-refractivity contribution in [2.24, 2.45) is 5.41 Å². The first-order valence-corrected chi connectivity index (χ1v) is 7.54. The minimum Gasteiger partial charge on any atom is -0.366 e. The molecule has 1 heterocycles. The van der Waals surface area contributed by atoms with Gasteiger partial charge in [-0.15, -0.1) is 0 Å². The Balaban J connectivity index is 2.17. The lowest BCUT2D eigenvalue weighted by molar-refractivity contribution is 0.402. The van der Waals surface area contributed by atoms with Crippen LogP contribution in [0.25, 0.3) is 0 Å². The summed E-state index contributed by atoms with van der Waals surface area (Å²) < 4.78 is 14.4. The van der Waals surface area contributed by atoms with E-state index in [1.807, 2.05) is 6.07 Å². The molecule has 2 nitrogen and oxygen atoms in total. The molecule has 1 aliphatic heterocycles. The van der Waals surface area contributed by atoms with Gasteiger partial charge in [0.1, 0.15) is 5.82 Å². The Morgan fingerprint density at radius 2 is 1.80 bits per heavy atom. The van der Waals surface area contributed by atoms with Gasteiger partial charge in [0.25, 0.3) is 0 Å². The summed E-state index contributed by atoms with van der Waals surface area (Å²) in [5.41, 5.74) is 2.00. The Bertz CT molecular complexity index is 455. The summed E-state index contributed by atoms with van der Waals surface area (Å²) in [6.45, 7) is 12.6. The van der Waals surface area contributed by atoms with E-state index in [4.69, 9.17) is 0 Å². The molecule has 1 fully saturated rings. The van der Waals surface area contributed by atoms with Crippen LogP contribution >= 0.6 is 0 Å². The topological polar surface area (TPSA) is 15.3 Å². The highest BCUT2D eigenvalue weighted by Gasteiger charge is 2.23. The minimum atomic E-state index is -0.0898. The number of piperazine rings is 1. The van der Waals surface area contributed by atoms with Crippen molar-refractivity contribution >= 4 is 5.69 Å². The van der Waals surface area contributed by atoms with Crippen molar-refractivity contribution in [2.75, 3.05) is 18.0 Å². The Labute approximate surface area is 122 Å². The molecule has 0 aliphatic carbocycles. The molecule has 1 N–H and O–H groups in total. The molecule has 0 saturated carbocycles. The number of benzene rings is 1. The zero-order chi connectivity index (χ0) is 14.9. The first-order chi connectivity index (χ1) is 9.24. The predicted molar refractivity (Wildman–Crippen MR) is 83.8 cm³/mol. The highest BCUT2D eigenvalue weighted by atomic mass is 19.1.